The van der Waals surface area contributed by atoms with Crippen LogP contribution >= 0.6 is 0 Å². The monoisotopic (exact) mass is 318 g/mol. The van der Waals surface area contributed by atoms with Gasteiger partial charge in [0.1, 0.15) is 17.7 Å². The summed E-state index contributed by atoms with van der Waals surface area (Å²) in [5, 5.41) is 20.0. The van der Waals surface area contributed by atoms with E-state index in [2.05, 4.69) is 5.32 Å². The zero-order valence-electron chi connectivity index (χ0n) is 11.7. The molecular formula is C14H14N4O3S. The van der Waals surface area contributed by atoms with Crippen molar-refractivity contribution in [1.82, 2.24) is 4.31 Å². The van der Waals surface area contributed by atoms with Crippen LogP contribution in [-0.4, -0.2) is 39.0 Å². The second-order valence-corrected chi connectivity index (χ2v) is 6.40. The second-order valence-electron chi connectivity index (χ2n) is 4.47. The number of rotatable bonds is 4. The number of hydrogen-bond acceptors (Lipinski definition) is 6. The lowest BCUT2D eigenvalue weighted by molar-refractivity contribution is 0.0730. The van der Waals surface area contributed by atoms with E-state index >= 15 is 0 Å². The van der Waals surface area contributed by atoms with E-state index in [1.165, 1.54) is 22.6 Å². The average molecular weight is 318 g/mol. The van der Waals surface area contributed by atoms with E-state index in [9.17, 15) is 8.42 Å². The van der Waals surface area contributed by atoms with Gasteiger partial charge >= 0.3 is 0 Å². The Bertz CT molecular complexity index is 720. The lowest BCUT2D eigenvalue weighted by atomic mass is 10.3. The number of anilines is 1. The molecule has 1 N–H and O–H groups in total. The Labute approximate surface area is 129 Å². The third kappa shape index (κ3) is 3.62. The second kappa shape index (κ2) is 7.05. The van der Waals surface area contributed by atoms with Crippen LogP contribution in [0.2, 0.25) is 0 Å². The van der Waals surface area contributed by atoms with Crippen molar-refractivity contribution in [2.45, 2.75) is 4.90 Å². The number of nitrogens with zero attached hydrogens (tertiary/aromatic N) is 3. The van der Waals surface area contributed by atoms with E-state index in [1.807, 2.05) is 0 Å². The minimum Gasteiger partial charge on any atom is -0.379 e. The minimum atomic E-state index is -3.51. The fraction of sp³-hybridized carbons (Fsp3) is 0.286. The minimum absolute atomic E-state index is 0.0648. The summed E-state index contributed by atoms with van der Waals surface area (Å²) in [6.07, 6.45) is 1.27. The normalized spacial score (nSPS) is 15.4. The summed E-state index contributed by atoms with van der Waals surface area (Å²) in [6, 6.07) is 9.58. The maximum Gasteiger partial charge on any atom is 0.243 e. The number of benzene rings is 1. The first-order chi connectivity index (χ1) is 10.6. The van der Waals surface area contributed by atoms with Crippen LogP contribution in [0.15, 0.2) is 40.9 Å². The van der Waals surface area contributed by atoms with E-state index in [0.29, 0.717) is 32.0 Å². The molecule has 1 saturated heterocycles. The van der Waals surface area contributed by atoms with Gasteiger partial charge in [0, 0.05) is 25.0 Å². The highest BCUT2D eigenvalue weighted by atomic mass is 32.2. The summed E-state index contributed by atoms with van der Waals surface area (Å²) < 4.78 is 31.4. The van der Waals surface area contributed by atoms with Crippen LogP contribution < -0.4 is 5.32 Å². The molecule has 0 radical (unpaired) electrons. The van der Waals surface area contributed by atoms with Crippen molar-refractivity contribution in [3.8, 4) is 12.1 Å². The summed E-state index contributed by atoms with van der Waals surface area (Å²) >= 11 is 0. The van der Waals surface area contributed by atoms with Crippen LogP contribution in [0.4, 0.5) is 5.69 Å². The SMILES string of the molecule is N#CC(C#N)=CNc1ccc(S(=O)(=O)N2CCOCC2)cc1. The van der Waals surface area contributed by atoms with Gasteiger partial charge in [0.15, 0.2) is 0 Å². The van der Waals surface area contributed by atoms with Gasteiger partial charge in [-0.3, -0.25) is 0 Å². The first-order valence-corrected chi connectivity index (χ1v) is 7.97. The molecule has 0 unspecified atom stereocenters. The number of hydrogen-bond donors (Lipinski definition) is 1. The van der Waals surface area contributed by atoms with Crippen LogP contribution in [-0.2, 0) is 14.8 Å². The van der Waals surface area contributed by atoms with Crippen molar-refractivity contribution < 1.29 is 13.2 Å². The Morgan fingerprint density at radius 1 is 1.18 bits per heavy atom. The van der Waals surface area contributed by atoms with Gasteiger partial charge in [0.25, 0.3) is 0 Å². The van der Waals surface area contributed by atoms with Crippen molar-refractivity contribution in [2.24, 2.45) is 0 Å². The summed E-state index contributed by atoms with van der Waals surface area (Å²) in [5.74, 6) is 0. The van der Waals surface area contributed by atoms with Gasteiger partial charge in [-0.2, -0.15) is 14.8 Å². The number of sulfonamides is 1. The smallest absolute Gasteiger partial charge is 0.243 e. The molecule has 1 aliphatic rings. The van der Waals surface area contributed by atoms with Crippen LogP contribution in [0.3, 0.4) is 0 Å². The lowest BCUT2D eigenvalue weighted by Crippen LogP contribution is -2.40. The third-order valence-corrected chi connectivity index (χ3v) is 5.00. The predicted molar refractivity (Wildman–Crippen MR) is 79.0 cm³/mol. The Morgan fingerprint density at radius 2 is 1.77 bits per heavy atom. The molecule has 8 heteroatoms. The highest BCUT2D eigenvalue weighted by molar-refractivity contribution is 7.89. The average Bonchev–Trinajstić information content (AvgIpc) is 2.57. The number of ether oxygens (including phenoxy) is 1. The molecule has 0 saturated carbocycles. The Balaban J connectivity index is 2.13. The molecule has 0 atom stereocenters. The molecule has 0 spiro atoms. The number of allylic oxidation sites excluding steroid dienone is 1. The maximum absolute atomic E-state index is 12.4. The highest BCUT2D eigenvalue weighted by Gasteiger charge is 2.25. The molecular weight excluding hydrogens is 304 g/mol. The van der Waals surface area contributed by atoms with Gasteiger partial charge < -0.3 is 10.1 Å². The Hall–Kier alpha value is -2.39. The first-order valence-electron chi connectivity index (χ1n) is 6.53. The van der Waals surface area contributed by atoms with Crippen molar-refractivity contribution in [2.75, 3.05) is 31.6 Å². The summed E-state index contributed by atoms with van der Waals surface area (Å²) in [7, 11) is -3.51. The summed E-state index contributed by atoms with van der Waals surface area (Å²) in [5.41, 5.74) is 0.522. The van der Waals surface area contributed by atoms with E-state index in [1.54, 1.807) is 24.3 Å². The van der Waals surface area contributed by atoms with E-state index < -0.39 is 10.0 Å². The molecule has 0 amide bonds. The molecule has 1 fully saturated rings. The van der Waals surface area contributed by atoms with Crippen LogP contribution in [0.5, 0.6) is 0 Å². The van der Waals surface area contributed by atoms with Gasteiger partial charge in [0.05, 0.1) is 18.1 Å². The molecule has 2 rings (SSSR count). The third-order valence-electron chi connectivity index (χ3n) is 3.09. The van der Waals surface area contributed by atoms with Gasteiger partial charge in [-0.25, -0.2) is 8.42 Å². The fourth-order valence-electron chi connectivity index (χ4n) is 1.90. The molecule has 0 aliphatic carbocycles. The predicted octanol–water partition coefficient (Wildman–Crippen LogP) is 1.05. The van der Waals surface area contributed by atoms with Crippen molar-refractivity contribution in [3.63, 3.8) is 0 Å². The Morgan fingerprint density at radius 3 is 2.32 bits per heavy atom. The zero-order valence-corrected chi connectivity index (χ0v) is 12.5. The van der Waals surface area contributed by atoms with Gasteiger partial charge in [0.2, 0.25) is 10.0 Å². The highest BCUT2D eigenvalue weighted by Crippen LogP contribution is 2.19. The first kappa shape index (κ1) is 16.0. The van der Waals surface area contributed by atoms with Crippen molar-refractivity contribution in [1.29, 1.82) is 10.5 Å². The molecule has 1 aliphatic heterocycles. The van der Waals surface area contributed by atoms with Gasteiger partial charge in [-0.15, -0.1) is 0 Å². The van der Waals surface area contributed by atoms with Gasteiger partial charge in [-0.05, 0) is 24.3 Å². The van der Waals surface area contributed by atoms with Gasteiger partial charge in [-0.1, -0.05) is 0 Å². The van der Waals surface area contributed by atoms with Crippen LogP contribution in [0.1, 0.15) is 0 Å². The van der Waals surface area contributed by atoms with Crippen LogP contribution in [0, 0.1) is 22.7 Å². The van der Waals surface area contributed by atoms with E-state index in [0.717, 1.165) is 0 Å². The van der Waals surface area contributed by atoms with Crippen molar-refractivity contribution >= 4 is 15.7 Å². The maximum atomic E-state index is 12.4. The topological polar surface area (TPSA) is 106 Å². The molecule has 7 nitrogen and oxygen atoms in total. The number of morpholine rings is 1. The zero-order chi connectivity index (χ0) is 16.0. The quantitative estimate of drug-likeness (QED) is 0.832. The largest absolute Gasteiger partial charge is 0.379 e. The Kier molecular flexibility index (Phi) is 5.12. The fourth-order valence-corrected chi connectivity index (χ4v) is 3.31. The molecule has 1 aromatic carbocycles. The molecule has 0 bridgehead atoms. The molecule has 22 heavy (non-hydrogen) atoms. The van der Waals surface area contributed by atoms with Crippen molar-refractivity contribution in [3.05, 3.63) is 36.0 Å². The molecule has 1 heterocycles. The number of nitriles is 2. The van der Waals surface area contributed by atoms with E-state index in [4.69, 9.17) is 15.3 Å². The lowest BCUT2D eigenvalue weighted by Gasteiger charge is -2.26. The molecule has 114 valence electrons. The van der Waals surface area contributed by atoms with Crippen LogP contribution in [0.25, 0.3) is 0 Å². The molecule has 0 aromatic heterocycles. The summed E-state index contributed by atoms with van der Waals surface area (Å²) in [6.45, 7) is 1.49. The molecule has 1 aromatic rings. The number of nitrogens with one attached hydrogen (secondary N) is 1. The standard InChI is InChI=1S/C14H14N4O3S/c15-9-12(10-16)11-17-13-1-3-14(4-2-13)22(19,20)18-5-7-21-8-6-18/h1-4,11,17H,5-8H2. The van der Waals surface area contributed by atoms with E-state index in [-0.39, 0.29) is 10.5 Å². The summed E-state index contributed by atoms with van der Waals surface area (Å²) in [4.78, 5) is 0.199.